The third-order valence-corrected chi connectivity index (χ3v) is 5.55. The molecule has 0 saturated heterocycles. The average Bonchev–Trinajstić information content (AvgIpc) is 3.00. The predicted molar refractivity (Wildman–Crippen MR) is 115 cm³/mol. The molecule has 0 bridgehead atoms. The first kappa shape index (κ1) is 18.6. The van der Waals surface area contributed by atoms with Gasteiger partial charge < -0.3 is 20.9 Å². The normalized spacial score (nSPS) is 16.7. The highest BCUT2D eigenvalue weighted by Crippen LogP contribution is 2.33. The van der Waals surface area contributed by atoms with Gasteiger partial charge in [-0.3, -0.25) is 4.79 Å². The molecule has 2 aliphatic rings. The van der Waals surface area contributed by atoms with Crippen LogP contribution >= 0.6 is 0 Å². The molecule has 0 atom stereocenters. The van der Waals surface area contributed by atoms with E-state index in [1.54, 1.807) is 0 Å². The number of nitrogens with two attached hydrogens (primary N) is 1. The van der Waals surface area contributed by atoms with E-state index in [4.69, 9.17) is 5.73 Å². The standard InChI is InChI=1S/C23H28N4O/c1-13(2)27-12-17-10-20-19(14(3)7-15(4)26-20)11-25-23(28)18-8-16(5-6-24)9-21(27)22(17)18/h7-10,12-13,26H,5-6,11,24H2,1-4H3,(H,25,28). The van der Waals surface area contributed by atoms with Crippen LogP contribution in [0.1, 0.15) is 55.2 Å². The molecule has 1 aromatic carbocycles. The number of fused-ring (bicyclic) bond motifs is 1. The summed E-state index contributed by atoms with van der Waals surface area (Å²) >= 11 is 0. The quantitative estimate of drug-likeness (QED) is 0.766. The molecule has 2 aliphatic heterocycles. The highest BCUT2D eigenvalue weighted by atomic mass is 16.1. The van der Waals surface area contributed by atoms with Crippen LogP contribution in [-0.2, 0) is 6.42 Å². The first-order chi connectivity index (χ1) is 13.4. The van der Waals surface area contributed by atoms with E-state index in [1.807, 2.05) is 6.07 Å². The van der Waals surface area contributed by atoms with Crippen molar-refractivity contribution in [1.29, 1.82) is 0 Å². The molecule has 28 heavy (non-hydrogen) atoms. The van der Waals surface area contributed by atoms with Crippen LogP contribution in [-0.4, -0.2) is 23.6 Å². The first-order valence-electron chi connectivity index (χ1n) is 9.92. The van der Waals surface area contributed by atoms with Gasteiger partial charge in [0.1, 0.15) is 0 Å². The van der Waals surface area contributed by atoms with Gasteiger partial charge in [0, 0.05) is 52.2 Å². The van der Waals surface area contributed by atoms with Gasteiger partial charge in [-0.2, -0.15) is 0 Å². The van der Waals surface area contributed by atoms with E-state index in [2.05, 4.69) is 67.3 Å². The Bertz CT molecular complexity index is 1070. The summed E-state index contributed by atoms with van der Waals surface area (Å²) in [6.07, 6.45) is 7.23. The second-order valence-electron chi connectivity index (χ2n) is 8.02. The van der Waals surface area contributed by atoms with E-state index in [1.165, 1.54) is 5.57 Å². The fourth-order valence-corrected chi connectivity index (χ4v) is 4.23. The maximum atomic E-state index is 13.1. The van der Waals surface area contributed by atoms with Gasteiger partial charge in [-0.05, 0) is 81.7 Å². The Hall–Kier alpha value is -2.79. The van der Waals surface area contributed by atoms with Gasteiger partial charge >= 0.3 is 0 Å². The first-order valence-corrected chi connectivity index (χ1v) is 9.92. The van der Waals surface area contributed by atoms with E-state index < -0.39 is 0 Å². The zero-order valence-electron chi connectivity index (χ0n) is 17.0. The minimum absolute atomic E-state index is 0.0344. The molecule has 146 valence electrons. The van der Waals surface area contributed by atoms with Crippen LogP contribution < -0.4 is 16.4 Å². The number of amides is 1. The van der Waals surface area contributed by atoms with Crippen molar-refractivity contribution in [2.75, 3.05) is 13.1 Å². The molecule has 5 heteroatoms. The zero-order chi connectivity index (χ0) is 20.0. The highest BCUT2D eigenvalue weighted by Gasteiger charge is 2.23. The number of nitrogens with zero attached hydrogens (tertiary/aromatic N) is 1. The molecule has 3 heterocycles. The predicted octanol–water partition coefficient (Wildman–Crippen LogP) is 3.63. The second-order valence-corrected chi connectivity index (χ2v) is 8.02. The number of dihydropyridines is 1. The third kappa shape index (κ3) is 3.06. The fourth-order valence-electron chi connectivity index (χ4n) is 4.23. The Kier molecular flexibility index (Phi) is 4.63. The molecule has 2 aromatic rings. The van der Waals surface area contributed by atoms with Gasteiger partial charge in [0.15, 0.2) is 0 Å². The van der Waals surface area contributed by atoms with Crippen LogP contribution in [0.25, 0.3) is 17.0 Å². The van der Waals surface area contributed by atoms with E-state index in [0.29, 0.717) is 19.1 Å². The largest absolute Gasteiger partial charge is 0.359 e. The van der Waals surface area contributed by atoms with E-state index in [0.717, 1.165) is 51.0 Å². The lowest BCUT2D eigenvalue weighted by atomic mass is 9.98. The van der Waals surface area contributed by atoms with Crippen molar-refractivity contribution in [3.05, 3.63) is 63.6 Å². The Labute approximate surface area is 166 Å². The Morgan fingerprint density at radius 3 is 2.71 bits per heavy atom. The van der Waals surface area contributed by atoms with Gasteiger partial charge in [-0.15, -0.1) is 0 Å². The molecule has 0 saturated carbocycles. The fraction of sp³-hybridized carbons (Fsp3) is 0.348. The van der Waals surface area contributed by atoms with Crippen LogP contribution in [0.2, 0.25) is 0 Å². The molecular formula is C23H28N4O. The number of hydrogen-bond donors (Lipinski definition) is 3. The Balaban J connectivity index is 2.03. The number of benzene rings is 1. The number of nitrogens with one attached hydrogen (secondary N) is 2. The zero-order valence-corrected chi connectivity index (χ0v) is 17.0. The molecule has 0 radical (unpaired) electrons. The summed E-state index contributed by atoms with van der Waals surface area (Å²) in [6.45, 7) is 9.56. The maximum Gasteiger partial charge on any atom is 0.252 e. The molecular weight excluding hydrogens is 348 g/mol. The van der Waals surface area contributed by atoms with Gasteiger partial charge in [0.2, 0.25) is 0 Å². The number of allylic oxidation sites excluding steroid dienone is 3. The number of aromatic nitrogens is 1. The maximum absolute atomic E-state index is 13.1. The smallest absolute Gasteiger partial charge is 0.252 e. The average molecular weight is 377 g/mol. The summed E-state index contributed by atoms with van der Waals surface area (Å²) in [5, 5.41) is 7.63. The minimum Gasteiger partial charge on any atom is -0.359 e. The van der Waals surface area contributed by atoms with Gasteiger partial charge in [-0.25, -0.2) is 0 Å². The lowest BCUT2D eigenvalue weighted by molar-refractivity contribution is 0.0958. The molecule has 0 unspecified atom stereocenters. The van der Waals surface area contributed by atoms with Crippen molar-refractivity contribution >= 4 is 22.9 Å². The number of carbonyl (C=O) groups is 1. The molecule has 0 fully saturated rings. The molecule has 4 N–H and O–H groups in total. The summed E-state index contributed by atoms with van der Waals surface area (Å²) < 4.78 is 2.25. The third-order valence-electron chi connectivity index (χ3n) is 5.55. The van der Waals surface area contributed by atoms with Crippen LogP contribution in [0.15, 0.2) is 46.9 Å². The summed E-state index contributed by atoms with van der Waals surface area (Å²) in [5.41, 5.74) is 14.2. The molecule has 0 spiro atoms. The van der Waals surface area contributed by atoms with Crippen LogP contribution in [0.3, 0.4) is 0 Å². The lowest BCUT2D eigenvalue weighted by Crippen LogP contribution is -2.29. The number of rotatable bonds is 3. The van der Waals surface area contributed by atoms with Crippen LogP contribution in [0.4, 0.5) is 0 Å². The Morgan fingerprint density at radius 1 is 1.21 bits per heavy atom. The molecule has 0 aliphatic carbocycles. The second kappa shape index (κ2) is 6.99. The van der Waals surface area contributed by atoms with Crippen LogP contribution in [0, 0.1) is 0 Å². The Morgan fingerprint density at radius 2 is 2.00 bits per heavy atom. The SMILES string of the molecule is CC1=CC(C)=C2CNC(=O)c3cc(CCN)cc4c3c(cn4C(C)C)C=C2N1. The van der Waals surface area contributed by atoms with Gasteiger partial charge in [0.25, 0.3) is 5.91 Å². The van der Waals surface area contributed by atoms with Crippen molar-refractivity contribution in [3.8, 4) is 0 Å². The van der Waals surface area contributed by atoms with E-state index in [-0.39, 0.29) is 5.91 Å². The van der Waals surface area contributed by atoms with Crippen molar-refractivity contribution in [3.63, 3.8) is 0 Å². The van der Waals surface area contributed by atoms with E-state index >= 15 is 0 Å². The van der Waals surface area contributed by atoms with Crippen LogP contribution in [0.5, 0.6) is 0 Å². The van der Waals surface area contributed by atoms with Crippen molar-refractivity contribution < 1.29 is 4.79 Å². The number of carbonyl (C=O) groups excluding carboxylic acids is 1. The van der Waals surface area contributed by atoms with Crippen molar-refractivity contribution in [2.24, 2.45) is 5.73 Å². The number of hydrogen-bond acceptors (Lipinski definition) is 3. The van der Waals surface area contributed by atoms with Crippen molar-refractivity contribution in [1.82, 2.24) is 15.2 Å². The summed E-state index contributed by atoms with van der Waals surface area (Å²) in [5.74, 6) is -0.0344. The highest BCUT2D eigenvalue weighted by molar-refractivity contribution is 6.10. The minimum atomic E-state index is -0.0344. The lowest BCUT2D eigenvalue weighted by Gasteiger charge is -2.22. The summed E-state index contributed by atoms with van der Waals surface area (Å²) in [4.78, 5) is 13.1. The molecule has 1 aromatic heterocycles. The van der Waals surface area contributed by atoms with Gasteiger partial charge in [-0.1, -0.05) is 0 Å². The molecule has 5 nitrogen and oxygen atoms in total. The summed E-state index contributed by atoms with van der Waals surface area (Å²) in [7, 11) is 0. The summed E-state index contributed by atoms with van der Waals surface area (Å²) in [6, 6.07) is 4.48. The topological polar surface area (TPSA) is 72.1 Å². The van der Waals surface area contributed by atoms with E-state index in [9.17, 15) is 4.79 Å². The van der Waals surface area contributed by atoms with Crippen molar-refractivity contribution in [2.45, 2.75) is 40.2 Å². The van der Waals surface area contributed by atoms with Gasteiger partial charge in [0.05, 0.1) is 0 Å². The molecule has 1 amide bonds. The monoisotopic (exact) mass is 376 g/mol. The molecule has 4 rings (SSSR count).